The minimum atomic E-state index is -0.569. The zero-order valence-corrected chi connectivity index (χ0v) is 11.7. The number of rotatable bonds is 4. The molecule has 2 N–H and O–H groups in total. The van der Waals surface area contributed by atoms with Gasteiger partial charge in [-0.05, 0) is 12.1 Å². The van der Waals surface area contributed by atoms with Crippen molar-refractivity contribution in [2.75, 3.05) is 0 Å². The fourth-order valence-electron chi connectivity index (χ4n) is 1.67. The number of para-hydroxylation sites is 2. The van der Waals surface area contributed by atoms with Crippen LogP contribution in [0.3, 0.4) is 0 Å². The van der Waals surface area contributed by atoms with E-state index in [1.54, 1.807) is 18.2 Å². The molecule has 0 heterocycles. The maximum Gasteiger partial charge on any atom is 0.313 e. The van der Waals surface area contributed by atoms with E-state index in [2.05, 4.69) is 0 Å². The summed E-state index contributed by atoms with van der Waals surface area (Å²) in [6, 6.07) is 9.34. The van der Waals surface area contributed by atoms with Gasteiger partial charge in [-0.2, -0.15) is 0 Å². The number of hydrogen-bond donors (Lipinski definition) is 1. The van der Waals surface area contributed by atoms with Crippen molar-refractivity contribution in [3.05, 3.63) is 62.1 Å². The van der Waals surface area contributed by atoms with Gasteiger partial charge in [-0.25, -0.2) is 0 Å². The lowest BCUT2D eigenvalue weighted by Crippen LogP contribution is -2.01. The van der Waals surface area contributed by atoms with Gasteiger partial charge in [0.15, 0.2) is 5.75 Å². The number of benzene rings is 2. The Bertz CT molecular complexity index is 662. The van der Waals surface area contributed by atoms with Crippen molar-refractivity contribution in [1.82, 2.24) is 0 Å². The first kappa shape index (κ1) is 14.6. The van der Waals surface area contributed by atoms with Crippen LogP contribution in [-0.2, 0) is 6.54 Å². The van der Waals surface area contributed by atoms with E-state index in [4.69, 9.17) is 33.7 Å². The third-order valence-corrected chi connectivity index (χ3v) is 3.21. The zero-order valence-electron chi connectivity index (χ0n) is 10.2. The zero-order chi connectivity index (χ0) is 14.7. The van der Waals surface area contributed by atoms with Gasteiger partial charge in [-0.3, -0.25) is 10.1 Å². The number of nitro groups is 1. The number of nitrogens with two attached hydrogens (primary N) is 1. The molecule has 0 amide bonds. The van der Waals surface area contributed by atoms with Gasteiger partial charge in [0.1, 0.15) is 0 Å². The lowest BCUT2D eigenvalue weighted by atomic mass is 10.2. The molecule has 0 saturated heterocycles. The van der Waals surface area contributed by atoms with E-state index >= 15 is 0 Å². The highest BCUT2D eigenvalue weighted by Crippen LogP contribution is 2.41. The fraction of sp³-hybridized carbons (Fsp3) is 0.0769. The lowest BCUT2D eigenvalue weighted by molar-refractivity contribution is -0.385. The van der Waals surface area contributed by atoms with Crippen molar-refractivity contribution in [1.29, 1.82) is 0 Å². The number of ether oxygens (including phenoxy) is 1. The van der Waals surface area contributed by atoms with E-state index in [0.717, 1.165) is 0 Å². The van der Waals surface area contributed by atoms with Crippen molar-refractivity contribution >= 4 is 28.9 Å². The van der Waals surface area contributed by atoms with Gasteiger partial charge in [0.2, 0.25) is 5.75 Å². The van der Waals surface area contributed by atoms with Crippen LogP contribution in [0.4, 0.5) is 5.69 Å². The number of nitro benzene ring substituents is 1. The molecule has 0 spiro atoms. The van der Waals surface area contributed by atoms with Gasteiger partial charge in [0, 0.05) is 18.2 Å². The summed E-state index contributed by atoms with van der Waals surface area (Å²) < 4.78 is 5.57. The van der Waals surface area contributed by atoms with Gasteiger partial charge in [0.25, 0.3) is 0 Å². The lowest BCUT2D eigenvalue weighted by Gasteiger charge is -2.12. The Kier molecular flexibility index (Phi) is 4.44. The van der Waals surface area contributed by atoms with Crippen LogP contribution in [0.5, 0.6) is 11.5 Å². The van der Waals surface area contributed by atoms with Gasteiger partial charge in [0.05, 0.1) is 15.0 Å². The van der Waals surface area contributed by atoms with Crippen LogP contribution in [0, 0.1) is 10.1 Å². The SMILES string of the molecule is NCc1cccc(Cl)c1Oc1c(Cl)cccc1[N+](=O)[O-]. The summed E-state index contributed by atoms with van der Waals surface area (Å²) in [6.07, 6.45) is 0. The second-order valence-corrected chi connectivity index (χ2v) is 4.69. The van der Waals surface area contributed by atoms with Crippen LogP contribution in [0.15, 0.2) is 36.4 Å². The highest BCUT2D eigenvalue weighted by molar-refractivity contribution is 6.33. The Balaban J connectivity index is 2.53. The Labute approximate surface area is 125 Å². The molecule has 0 aliphatic heterocycles. The van der Waals surface area contributed by atoms with Gasteiger partial charge >= 0.3 is 5.69 Å². The molecule has 104 valence electrons. The van der Waals surface area contributed by atoms with Crippen LogP contribution >= 0.6 is 23.2 Å². The van der Waals surface area contributed by atoms with Crippen molar-refractivity contribution in [3.8, 4) is 11.5 Å². The molecule has 0 bridgehead atoms. The predicted molar refractivity (Wildman–Crippen MR) is 77.5 cm³/mol. The quantitative estimate of drug-likeness (QED) is 0.679. The second kappa shape index (κ2) is 6.09. The maximum atomic E-state index is 11.0. The molecule has 0 radical (unpaired) electrons. The summed E-state index contributed by atoms with van der Waals surface area (Å²) >= 11 is 12.0. The third kappa shape index (κ3) is 2.85. The van der Waals surface area contributed by atoms with E-state index in [1.165, 1.54) is 18.2 Å². The minimum absolute atomic E-state index is 0.0537. The standard InChI is InChI=1S/C13H10Cl2N2O3/c14-9-4-1-3-8(7-16)12(9)20-13-10(15)5-2-6-11(13)17(18)19/h1-6H,7,16H2. The van der Waals surface area contributed by atoms with E-state index in [0.29, 0.717) is 10.6 Å². The Morgan fingerprint density at radius 1 is 1.10 bits per heavy atom. The molecule has 2 aromatic carbocycles. The molecular weight excluding hydrogens is 303 g/mol. The predicted octanol–water partition coefficient (Wildman–Crippen LogP) is 4.15. The largest absolute Gasteiger partial charge is 0.447 e. The normalized spacial score (nSPS) is 10.3. The molecule has 0 unspecified atom stereocenters. The molecule has 7 heteroatoms. The molecule has 2 rings (SSSR count). The number of hydrogen-bond acceptors (Lipinski definition) is 4. The molecule has 5 nitrogen and oxygen atoms in total. The average Bonchev–Trinajstić information content (AvgIpc) is 2.42. The minimum Gasteiger partial charge on any atom is -0.447 e. The fourth-order valence-corrected chi connectivity index (χ4v) is 2.11. The summed E-state index contributed by atoms with van der Waals surface area (Å²) in [4.78, 5) is 10.4. The van der Waals surface area contributed by atoms with E-state index < -0.39 is 4.92 Å². The molecule has 0 saturated carbocycles. The summed E-state index contributed by atoms with van der Waals surface area (Å²) in [5.41, 5.74) is 6.00. The average molecular weight is 313 g/mol. The summed E-state index contributed by atoms with van der Waals surface area (Å²) in [5.74, 6) is 0.217. The van der Waals surface area contributed by atoms with Crippen LogP contribution in [-0.4, -0.2) is 4.92 Å². The van der Waals surface area contributed by atoms with Crippen LogP contribution in [0.25, 0.3) is 0 Å². The van der Waals surface area contributed by atoms with Crippen molar-refractivity contribution in [2.24, 2.45) is 5.73 Å². The van der Waals surface area contributed by atoms with E-state index in [1.807, 2.05) is 0 Å². The Morgan fingerprint density at radius 2 is 1.70 bits per heavy atom. The molecule has 20 heavy (non-hydrogen) atoms. The number of halogens is 2. The molecule has 0 fully saturated rings. The molecule has 2 aromatic rings. The van der Waals surface area contributed by atoms with Crippen molar-refractivity contribution < 1.29 is 9.66 Å². The number of nitrogens with zero attached hydrogens (tertiary/aromatic N) is 1. The topological polar surface area (TPSA) is 78.4 Å². The first-order valence-corrected chi connectivity index (χ1v) is 6.38. The Morgan fingerprint density at radius 3 is 2.30 bits per heavy atom. The highest BCUT2D eigenvalue weighted by Gasteiger charge is 2.21. The first-order valence-electron chi connectivity index (χ1n) is 5.62. The molecular formula is C13H10Cl2N2O3. The smallest absolute Gasteiger partial charge is 0.313 e. The van der Waals surface area contributed by atoms with Crippen molar-refractivity contribution in [3.63, 3.8) is 0 Å². The third-order valence-electron chi connectivity index (χ3n) is 2.62. The summed E-state index contributed by atoms with van der Waals surface area (Å²) in [5, 5.41) is 11.4. The summed E-state index contributed by atoms with van der Waals surface area (Å²) in [6.45, 7) is 0.189. The first-order chi connectivity index (χ1) is 9.54. The van der Waals surface area contributed by atoms with E-state index in [-0.39, 0.29) is 28.8 Å². The second-order valence-electron chi connectivity index (χ2n) is 3.88. The van der Waals surface area contributed by atoms with E-state index in [9.17, 15) is 10.1 Å². The highest BCUT2D eigenvalue weighted by atomic mass is 35.5. The van der Waals surface area contributed by atoms with Gasteiger partial charge in [-0.15, -0.1) is 0 Å². The Hall–Kier alpha value is -1.82. The van der Waals surface area contributed by atoms with Gasteiger partial charge in [-0.1, -0.05) is 41.4 Å². The molecule has 0 atom stereocenters. The molecule has 0 aromatic heterocycles. The maximum absolute atomic E-state index is 11.0. The monoisotopic (exact) mass is 312 g/mol. The molecule has 0 aliphatic rings. The summed E-state index contributed by atoms with van der Waals surface area (Å²) in [7, 11) is 0. The van der Waals surface area contributed by atoms with Crippen molar-refractivity contribution in [2.45, 2.75) is 6.54 Å². The van der Waals surface area contributed by atoms with Gasteiger partial charge < -0.3 is 10.5 Å². The molecule has 0 aliphatic carbocycles. The van der Waals surface area contributed by atoms with Crippen LogP contribution < -0.4 is 10.5 Å². The van der Waals surface area contributed by atoms with Crippen LogP contribution in [0.1, 0.15) is 5.56 Å². The van der Waals surface area contributed by atoms with Crippen LogP contribution in [0.2, 0.25) is 10.0 Å².